The molecule has 1 aromatic carbocycles. The molecule has 2 rings (SSSR count). The number of aromatic nitrogens is 3. The van der Waals surface area contributed by atoms with E-state index in [1.54, 1.807) is 12.1 Å². The predicted octanol–water partition coefficient (Wildman–Crippen LogP) is 1.15. The van der Waals surface area contributed by atoms with Gasteiger partial charge in [0.2, 0.25) is 12.6 Å². The lowest BCUT2D eigenvalue weighted by Gasteiger charge is -2.09. The highest BCUT2D eigenvalue weighted by molar-refractivity contribution is 5.66. The second-order valence-corrected chi connectivity index (χ2v) is 4.01. The Bertz CT molecular complexity index is 595. The van der Waals surface area contributed by atoms with Gasteiger partial charge in [-0.2, -0.15) is 9.90 Å². The van der Waals surface area contributed by atoms with Crippen molar-refractivity contribution in [2.45, 2.75) is 13.0 Å². The van der Waals surface area contributed by atoms with Crippen molar-refractivity contribution in [2.75, 3.05) is 6.54 Å². The summed E-state index contributed by atoms with van der Waals surface area (Å²) in [5.74, 6) is -0.605. The number of carbonyl (C=O) groups is 1. The van der Waals surface area contributed by atoms with Gasteiger partial charge in [0.25, 0.3) is 0 Å². The van der Waals surface area contributed by atoms with Gasteiger partial charge < -0.3 is 4.74 Å². The summed E-state index contributed by atoms with van der Waals surface area (Å²) >= 11 is 0. The predicted molar refractivity (Wildman–Crippen MR) is 67.7 cm³/mol. The zero-order valence-corrected chi connectivity index (χ0v) is 10.7. The Morgan fingerprint density at radius 3 is 2.75 bits per heavy atom. The van der Waals surface area contributed by atoms with Gasteiger partial charge in [-0.15, -0.1) is 5.10 Å². The third kappa shape index (κ3) is 3.37. The molecule has 0 aliphatic carbocycles. The number of ether oxygens (including phenoxy) is 1. The summed E-state index contributed by atoms with van der Waals surface area (Å²) in [5, 5.41) is 18.7. The molecule has 0 amide bonds. The molecule has 0 saturated heterocycles. The van der Waals surface area contributed by atoms with E-state index in [0.29, 0.717) is 5.69 Å². The van der Waals surface area contributed by atoms with Gasteiger partial charge in [-0.1, -0.05) is 18.2 Å². The molecule has 0 saturated carbocycles. The fourth-order valence-electron chi connectivity index (χ4n) is 1.64. The maximum absolute atomic E-state index is 11.0. The van der Waals surface area contributed by atoms with Crippen LogP contribution in [0.3, 0.4) is 0 Å². The lowest BCUT2D eigenvalue weighted by Crippen LogP contribution is -2.18. The van der Waals surface area contributed by atoms with Crippen LogP contribution in [-0.2, 0) is 9.53 Å². The molecule has 1 atom stereocenters. The molecule has 2 aromatic rings. The van der Waals surface area contributed by atoms with Crippen LogP contribution in [0, 0.1) is 10.1 Å². The lowest BCUT2D eigenvalue weighted by molar-refractivity contribution is -0.491. The summed E-state index contributed by atoms with van der Waals surface area (Å²) in [5.41, 5.74) is 0.946. The van der Waals surface area contributed by atoms with E-state index in [-0.39, 0.29) is 5.69 Å². The molecular weight excluding hydrogens is 264 g/mol. The second-order valence-electron chi connectivity index (χ2n) is 4.01. The molecule has 0 unspecified atom stereocenters. The number of benzene rings is 1. The highest BCUT2D eigenvalue weighted by Gasteiger charge is 2.24. The lowest BCUT2D eigenvalue weighted by atomic mass is 10.3. The van der Waals surface area contributed by atoms with E-state index in [1.807, 2.05) is 18.2 Å². The number of carbonyl (C=O) groups excluding carboxylic acids is 1. The van der Waals surface area contributed by atoms with Crippen LogP contribution in [0.5, 0.6) is 0 Å². The third-order valence-corrected chi connectivity index (χ3v) is 2.45. The van der Waals surface area contributed by atoms with Crippen LogP contribution >= 0.6 is 0 Å². The third-order valence-electron chi connectivity index (χ3n) is 2.45. The quantitative estimate of drug-likeness (QED) is 0.461. The number of nitro groups is 1. The average Bonchev–Trinajstić information content (AvgIpc) is 2.87. The van der Waals surface area contributed by atoms with Crippen LogP contribution in [-0.4, -0.2) is 32.4 Å². The highest BCUT2D eigenvalue weighted by Crippen LogP contribution is 2.16. The second kappa shape index (κ2) is 5.91. The van der Waals surface area contributed by atoms with Gasteiger partial charge in [0.05, 0.1) is 11.9 Å². The number of nitrogens with zero attached hydrogens (tertiary/aromatic N) is 4. The van der Waals surface area contributed by atoms with Crippen molar-refractivity contribution in [3.8, 4) is 5.69 Å². The average molecular weight is 276 g/mol. The van der Waals surface area contributed by atoms with Gasteiger partial charge in [0.15, 0.2) is 0 Å². The van der Waals surface area contributed by atoms with Crippen molar-refractivity contribution in [2.24, 2.45) is 0 Å². The van der Waals surface area contributed by atoms with E-state index in [4.69, 9.17) is 4.74 Å². The fraction of sp³-hybridized carbons (Fsp3) is 0.250. The van der Waals surface area contributed by atoms with Gasteiger partial charge in [-0.3, -0.25) is 14.9 Å². The zero-order valence-electron chi connectivity index (χ0n) is 10.7. The molecule has 0 fully saturated rings. The highest BCUT2D eigenvalue weighted by atomic mass is 16.6. The van der Waals surface area contributed by atoms with Crippen LogP contribution in [0.15, 0.2) is 36.5 Å². The first kappa shape index (κ1) is 13.7. The first-order chi connectivity index (χ1) is 9.56. The van der Waals surface area contributed by atoms with Gasteiger partial charge >= 0.3 is 5.97 Å². The Morgan fingerprint density at radius 2 is 2.15 bits per heavy atom. The molecule has 20 heavy (non-hydrogen) atoms. The van der Waals surface area contributed by atoms with Crippen molar-refractivity contribution in [3.63, 3.8) is 0 Å². The maximum atomic E-state index is 11.0. The summed E-state index contributed by atoms with van der Waals surface area (Å²) in [6, 6.07) is 9.07. The molecule has 0 spiro atoms. The molecule has 8 heteroatoms. The van der Waals surface area contributed by atoms with Crippen LogP contribution < -0.4 is 0 Å². The van der Waals surface area contributed by atoms with Crippen molar-refractivity contribution in [3.05, 3.63) is 52.3 Å². The number of hydrogen-bond donors (Lipinski definition) is 0. The topological polar surface area (TPSA) is 100 Å². The molecule has 1 heterocycles. The standard InChI is InChI=1S/C12H12N4O4/c1-9(17)20-12(8-15(18)19)11-7-13-16(14-11)10-5-3-2-4-6-10/h2-7,12H,8H2,1H3/t12-/m0/s1. The van der Waals surface area contributed by atoms with Crippen molar-refractivity contribution >= 4 is 5.97 Å². The summed E-state index contributed by atoms with van der Waals surface area (Å²) in [7, 11) is 0. The monoisotopic (exact) mass is 276 g/mol. The fourth-order valence-corrected chi connectivity index (χ4v) is 1.64. The SMILES string of the molecule is CC(=O)O[C@@H](C[N+](=O)[O-])c1cnn(-c2ccccc2)n1. The number of hydrogen-bond acceptors (Lipinski definition) is 6. The Balaban J connectivity index is 2.24. The summed E-state index contributed by atoms with van der Waals surface area (Å²) in [4.78, 5) is 22.4. The smallest absolute Gasteiger partial charge is 0.303 e. The molecule has 0 aliphatic heterocycles. The van der Waals surface area contributed by atoms with Gasteiger partial charge in [0.1, 0.15) is 5.69 Å². The Hall–Kier alpha value is -2.77. The van der Waals surface area contributed by atoms with Crippen LogP contribution in [0.1, 0.15) is 18.7 Å². The minimum Gasteiger partial charge on any atom is -0.449 e. The van der Waals surface area contributed by atoms with Crippen LogP contribution in [0.2, 0.25) is 0 Å². The van der Waals surface area contributed by atoms with E-state index in [9.17, 15) is 14.9 Å². The molecule has 0 N–H and O–H groups in total. The molecule has 8 nitrogen and oxygen atoms in total. The number of esters is 1. The molecule has 0 bridgehead atoms. The number of rotatable bonds is 5. The summed E-state index contributed by atoms with van der Waals surface area (Å²) < 4.78 is 4.90. The molecule has 1 aromatic heterocycles. The maximum Gasteiger partial charge on any atom is 0.303 e. The van der Waals surface area contributed by atoms with E-state index in [1.165, 1.54) is 17.9 Å². The van der Waals surface area contributed by atoms with Gasteiger partial charge in [-0.25, -0.2) is 0 Å². The van der Waals surface area contributed by atoms with E-state index < -0.39 is 23.5 Å². The first-order valence-corrected chi connectivity index (χ1v) is 5.83. The minimum atomic E-state index is -1.04. The van der Waals surface area contributed by atoms with Crippen molar-refractivity contribution < 1.29 is 14.5 Å². The van der Waals surface area contributed by atoms with Crippen LogP contribution in [0.4, 0.5) is 0 Å². The Kier molecular flexibility index (Phi) is 4.04. The molecule has 0 radical (unpaired) electrons. The minimum absolute atomic E-state index is 0.237. The molecular formula is C12H12N4O4. The Labute approximate surface area is 114 Å². The van der Waals surface area contributed by atoms with E-state index in [2.05, 4.69) is 10.2 Å². The van der Waals surface area contributed by atoms with Crippen molar-refractivity contribution in [1.29, 1.82) is 0 Å². The molecule has 104 valence electrons. The zero-order chi connectivity index (χ0) is 14.5. The van der Waals surface area contributed by atoms with Gasteiger partial charge in [-0.05, 0) is 12.1 Å². The normalized spacial score (nSPS) is 11.8. The summed E-state index contributed by atoms with van der Waals surface area (Å²) in [6.45, 7) is 0.641. The van der Waals surface area contributed by atoms with E-state index >= 15 is 0 Å². The Morgan fingerprint density at radius 1 is 1.45 bits per heavy atom. The van der Waals surface area contributed by atoms with Crippen molar-refractivity contribution in [1.82, 2.24) is 15.0 Å². The largest absolute Gasteiger partial charge is 0.449 e. The summed E-state index contributed by atoms with van der Waals surface area (Å²) in [6.07, 6.45) is 0.310. The first-order valence-electron chi connectivity index (χ1n) is 5.83. The van der Waals surface area contributed by atoms with E-state index in [0.717, 1.165) is 0 Å². The van der Waals surface area contributed by atoms with Gasteiger partial charge in [0, 0.05) is 11.8 Å². The number of para-hydroxylation sites is 1. The van der Waals surface area contributed by atoms with Crippen LogP contribution in [0.25, 0.3) is 5.69 Å². The molecule has 0 aliphatic rings.